The smallest absolute Gasteiger partial charge is 0.200 e. The Hall–Kier alpha value is -3.40. The Kier molecular flexibility index (Phi) is 8.13. The van der Waals surface area contributed by atoms with Crippen molar-refractivity contribution in [1.29, 1.82) is 0 Å². The van der Waals surface area contributed by atoms with E-state index in [-0.39, 0.29) is 23.9 Å². The fraction of sp³-hybridized carbons (Fsp3) is 0.214. The maximum absolute atomic E-state index is 8.49. The summed E-state index contributed by atoms with van der Waals surface area (Å²) < 4.78 is 84.3. The van der Waals surface area contributed by atoms with Crippen molar-refractivity contribution in [2.24, 2.45) is 0 Å². The molecule has 4 atom stereocenters. The second-order valence-electron chi connectivity index (χ2n) is 9.66. The Morgan fingerprint density at radius 3 is 1.21 bits per heavy atom. The first-order valence-electron chi connectivity index (χ1n) is 12.4. The van der Waals surface area contributed by atoms with Gasteiger partial charge in [0.05, 0.1) is 14.2 Å². The van der Waals surface area contributed by atoms with Gasteiger partial charge in [-0.1, -0.05) is 12.1 Å². The van der Waals surface area contributed by atoms with Crippen LogP contribution in [-0.2, 0) is 0 Å². The zero-order chi connectivity index (χ0) is 30.4. The van der Waals surface area contributed by atoms with Gasteiger partial charge in [0.1, 0.15) is 23.3 Å². The first kappa shape index (κ1) is 30.1. The highest BCUT2D eigenvalue weighted by Gasteiger charge is 2.58. The summed E-state index contributed by atoms with van der Waals surface area (Å²) in [5.41, 5.74) is 8.24. The minimum atomic E-state index is -4.94. The average molecular weight is 619 g/mol. The van der Waals surface area contributed by atoms with Gasteiger partial charge in [-0.25, -0.2) is 37.3 Å². The lowest BCUT2D eigenvalue weighted by atomic mass is 9.65. The van der Waals surface area contributed by atoms with Crippen LogP contribution in [0.3, 0.4) is 0 Å². The van der Waals surface area contributed by atoms with Gasteiger partial charge in [-0.2, -0.15) is 9.13 Å². The largest absolute Gasteiger partial charge is 0.497 e. The lowest BCUT2D eigenvalue weighted by Gasteiger charge is -2.42. The molecule has 4 aromatic rings. The predicted molar refractivity (Wildman–Crippen MR) is 119 cm³/mol. The van der Waals surface area contributed by atoms with E-state index in [2.05, 4.69) is 94.3 Å². The number of pyridine rings is 2. The summed E-state index contributed by atoms with van der Waals surface area (Å²) in [5.74, 6) is 2.19. The molecule has 12 nitrogen and oxygen atoms in total. The lowest BCUT2D eigenvalue weighted by Crippen LogP contribution is -2.68. The number of ether oxygens (including phenoxy) is 2. The Labute approximate surface area is 244 Å². The molecule has 0 radical (unpaired) electrons. The van der Waals surface area contributed by atoms with Crippen molar-refractivity contribution in [3.63, 3.8) is 0 Å². The Balaban J connectivity index is 0.000000308. The van der Waals surface area contributed by atoms with Crippen LogP contribution in [0.4, 0.5) is 0 Å². The third-order valence-electron chi connectivity index (χ3n) is 7.61. The van der Waals surface area contributed by atoms with Gasteiger partial charge in [-0.3, -0.25) is 0 Å². The Morgan fingerprint density at radius 2 is 0.881 bits per heavy atom. The standard InChI is InChI=1S/C28H24N2O2.2ClHO4/c1-31-17-9-11-19-21(15-17)25-23-7-3-5-13-29(23)27(19)26-22-16-18(32-2)10-12-20(22)28(25)30-14-6-4-8-24(26)30;2*2-1(3,4)5/h3-16,25-28H,1-2H3;2*(H,2,3,4,5)/q+2;;/p-2/t25-,26-,27-,28-;;/m0../s1. The minimum Gasteiger partial charge on any atom is -0.497 e. The van der Waals surface area contributed by atoms with E-state index in [1.54, 1.807) is 14.2 Å². The number of rotatable bonds is 2. The molecular weight excluding hydrogens is 595 g/mol. The van der Waals surface area contributed by atoms with Gasteiger partial charge in [-0.05, 0) is 47.5 Å². The van der Waals surface area contributed by atoms with E-state index in [0.29, 0.717) is 0 Å². The zero-order valence-corrected chi connectivity index (χ0v) is 23.6. The third-order valence-corrected chi connectivity index (χ3v) is 7.61. The summed E-state index contributed by atoms with van der Waals surface area (Å²) in [5, 5.41) is 0. The van der Waals surface area contributed by atoms with E-state index < -0.39 is 20.5 Å². The summed E-state index contributed by atoms with van der Waals surface area (Å²) in [4.78, 5) is 0. The van der Waals surface area contributed by atoms with Crippen LogP contribution in [-0.4, -0.2) is 14.2 Å². The molecule has 42 heavy (non-hydrogen) atoms. The summed E-state index contributed by atoms with van der Waals surface area (Å²) >= 11 is 0. The molecule has 2 aromatic carbocycles. The molecule has 0 spiro atoms. The lowest BCUT2D eigenvalue weighted by molar-refractivity contribution is -2.00. The predicted octanol–water partition coefficient (Wildman–Crippen LogP) is -5.45. The monoisotopic (exact) mass is 618 g/mol. The van der Waals surface area contributed by atoms with Gasteiger partial charge in [-0.15, -0.1) is 20.5 Å². The van der Waals surface area contributed by atoms with Crippen LogP contribution in [0.25, 0.3) is 0 Å². The van der Waals surface area contributed by atoms with Gasteiger partial charge >= 0.3 is 0 Å². The minimum absolute atomic E-state index is 0.157. The number of halogens is 2. The quantitative estimate of drug-likeness (QED) is 0.194. The molecule has 5 aliphatic heterocycles. The molecule has 10 rings (SSSR count). The van der Waals surface area contributed by atoms with Crippen LogP contribution in [0.2, 0.25) is 0 Å². The van der Waals surface area contributed by atoms with Crippen molar-refractivity contribution < 1.29 is 76.4 Å². The number of nitrogens with zero attached hydrogens (tertiary/aromatic N) is 2. The molecule has 6 aliphatic rings. The van der Waals surface area contributed by atoms with Crippen LogP contribution >= 0.6 is 0 Å². The van der Waals surface area contributed by atoms with E-state index in [4.69, 9.17) is 46.7 Å². The summed E-state index contributed by atoms with van der Waals surface area (Å²) in [6.07, 6.45) is 4.52. The molecule has 220 valence electrons. The zero-order valence-electron chi connectivity index (χ0n) is 22.1. The van der Waals surface area contributed by atoms with Crippen LogP contribution in [0, 0.1) is 20.5 Å². The average Bonchev–Trinajstić information content (AvgIpc) is 2.91. The first-order valence-corrected chi connectivity index (χ1v) is 14.9. The topological polar surface area (TPSA) is 211 Å². The third kappa shape index (κ3) is 5.91. The molecule has 0 unspecified atom stereocenters. The maximum Gasteiger partial charge on any atom is 0.200 e. The van der Waals surface area contributed by atoms with Crippen molar-refractivity contribution in [3.05, 3.63) is 119 Å². The van der Waals surface area contributed by atoms with Gasteiger partial charge in [0.2, 0.25) is 12.1 Å². The summed E-state index contributed by atoms with van der Waals surface area (Å²) in [6, 6.07) is 26.9. The van der Waals surface area contributed by atoms with Gasteiger partial charge in [0, 0.05) is 35.4 Å². The second kappa shape index (κ2) is 11.4. The highest BCUT2D eigenvalue weighted by Crippen LogP contribution is 2.55. The molecule has 0 amide bonds. The van der Waals surface area contributed by atoms with E-state index >= 15 is 0 Å². The van der Waals surface area contributed by atoms with Crippen LogP contribution in [0.1, 0.15) is 57.6 Å². The van der Waals surface area contributed by atoms with Crippen molar-refractivity contribution in [1.82, 2.24) is 0 Å². The van der Waals surface area contributed by atoms with Crippen molar-refractivity contribution in [2.45, 2.75) is 23.9 Å². The fourth-order valence-corrected chi connectivity index (χ4v) is 6.37. The molecule has 2 aromatic heterocycles. The SMILES string of the molecule is COc1ccc2c(c1)[C@H]1c3cccc[n+]3[C@@H]2[C@H]2c3cc(OC)ccc3[C@@H]1[n+]1ccccc12.[O-][Cl+3]([O-])([O-])[O-].[O-][Cl+3]([O-])([O-])[O-]. The van der Waals surface area contributed by atoms with Crippen molar-refractivity contribution in [2.75, 3.05) is 14.2 Å². The molecule has 7 heterocycles. The van der Waals surface area contributed by atoms with Crippen LogP contribution in [0.15, 0.2) is 85.2 Å². The van der Waals surface area contributed by atoms with E-state index in [1.807, 2.05) is 0 Å². The Morgan fingerprint density at radius 1 is 0.524 bits per heavy atom. The summed E-state index contributed by atoms with van der Waals surface area (Å²) in [7, 11) is -6.38. The Bertz CT molecular complexity index is 1480. The molecule has 0 N–H and O–H groups in total. The molecular formula is C28H24Cl2N2O10. The number of hydrogen-bond acceptors (Lipinski definition) is 10. The fourth-order valence-electron chi connectivity index (χ4n) is 6.37. The van der Waals surface area contributed by atoms with Gasteiger partial charge in [0.15, 0.2) is 23.8 Å². The number of methoxy groups -OCH3 is 2. The highest BCUT2D eigenvalue weighted by atomic mass is 35.7. The second-order valence-corrected chi connectivity index (χ2v) is 11.2. The van der Waals surface area contributed by atoms with Crippen molar-refractivity contribution in [3.8, 4) is 11.5 Å². The maximum atomic E-state index is 8.49. The summed E-state index contributed by atoms with van der Waals surface area (Å²) in [6.45, 7) is 0. The van der Waals surface area contributed by atoms with Crippen LogP contribution in [0.5, 0.6) is 11.5 Å². The molecule has 14 heteroatoms. The van der Waals surface area contributed by atoms with Crippen LogP contribution < -0.4 is 55.9 Å². The molecule has 0 saturated heterocycles. The normalized spacial score (nSPS) is 20.6. The van der Waals surface area contributed by atoms with Gasteiger partial charge < -0.3 is 9.47 Å². The number of benzene rings is 2. The van der Waals surface area contributed by atoms with E-state index in [1.165, 1.54) is 33.6 Å². The van der Waals surface area contributed by atoms with E-state index in [0.717, 1.165) is 11.5 Å². The molecule has 0 saturated carbocycles. The number of aromatic nitrogens is 2. The highest BCUT2D eigenvalue weighted by molar-refractivity contribution is 5.54. The van der Waals surface area contributed by atoms with Crippen molar-refractivity contribution >= 4 is 0 Å². The first-order chi connectivity index (χ1) is 19.8. The number of hydrogen-bond donors (Lipinski definition) is 0. The molecule has 0 fully saturated rings. The van der Waals surface area contributed by atoms with Gasteiger partial charge in [0.25, 0.3) is 0 Å². The van der Waals surface area contributed by atoms with E-state index in [9.17, 15) is 0 Å². The molecule has 4 bridgehead atoms. The molecule has 1 aliphatic carbocycles.